The van der Waals surface area contributed by atoms with E-state index in [4.69, 9.17) is 0 Å². The third-order valence-corrected chi connectivity index (χ3v) is 6.36. The molecule has 3 nitrogen and oxygen atoms in total. The molecule has 0 aliphatic carbocycles. The molecular weight excluding hydrogens is 385 g/mol. The molecule has 28 heavy (non-hydrogen) atoms. The van der Waals surface area contributed by atoms with Crippen LogP contribution in [0.5, 0.6) is 0 Å². The van der Waals surface area contributed by atoms with Crippen molar-refractivity contribution in [2.75, 3.05) is 32.1 Å². The van der Waals surface area contributed by atoms with Gasteiger partial charge in [0.25, 0.3) is 0 Å². The van der Waals surface area contributed by atoms with E-state index in [1.165, 1.54) is 6.07 Å². The quantitative estimate of drug-likeness (QED) is 0.568. The molecular formula is C21H25F3N2OS. The van der Waals surface area contributed by atoms with Crippen LogP contribution in [0.25, 0.3) is 0 Å². The molecule has 3 rings (SSSR count). The first-order valence-electron chi connectivity index (χ1n) is 9.43. The number of anilines is 2. The van der Waals surface area contributed by atoms with E-state index in [0.29, 0.717) is 22.0 Å². The number of hydrogen-bond acceptors (Lipinski definition) is 3. The van der Waals surface area contributed by atoms with Gasteiger partial charge in [-0.3, -0.25) is 0 Å². The van der Waals surface area contributed by atoms with Crippen molar-refractivity contribution in [2.45, 2.75) is 41.7 Å². The van der Waals surface area contributed by atoms with Crippen LogP contribution in [0.15, 0.2) is 52.3 Å². The maximum absolute atomic E-state index is 13.2. The number of para-hydroxylation sites is 1. The first-order chi connectivity index (χ1) is 13.3. The SMILES string of the molecule is CN(C)CCCCCCN1c2ccccc2S(=O)c2ccc(C(F)(F)F)cc21. The number of fused-ring (bicyclic) bond motifs is 2. The van der Waals surface area contributed by atoms with Crippen LogP contribution >= 0.6 is 0 Å². The van der Waals surface area contributed by atoms with Crippen molar-refractivity contribution in [3.8, 4) is 0 Å². The summed E-state index contributed by atoms with van der Waals surface area (Å²) in [6.45, 7) is 1.63. The van der Waals surface area contributed by atoms with E-state index in [-0.39, 0.29) is 0 Å². The highest BCUT2D eigenvalue weighted by atomic mass is 32.2. The summed E-state index contributed by atoms with van der Waals surface area (Å²) in [5.41, 5.74) is 0.430. The molecule has 0 spiro atoms. The summed E-state index contributed by atoms with van der Waals surface area (Å²) in [7, 11) is 2.61. The number of benzene rings is 2. The lowest BCUT2D eigenvalue weighted by Crippen LogP contribution is -2.25. The Morgan fingerprint density at radius 3 is 2.32 bits per heavy atom. The molecule has 1 aliphatic rings. The van der Waals surface area contributed by atoms with Gasteiger partial charge in [-0.2, -0.15) is 13.2 Å². The molecule has 1 aliphatic heterocycles. The zero-order chi connectivity index (χ0) is 20.3. The Balaban J connectivity index is 1.84. The Morgan fingerprint density at radius 2 is 1.61 bits per heavy atom. The van der Waals surface area contributed by atoms with Crippen molar-refractivity contribution in [1.82, 2.24) is 4.90 Å². The highest BCUT2D eigenvalue weighted by Crippen LogP contribution is 2.44. The number of halogens is 3. The highest BCUT2D eigenvalue weighted by Gasteiger charge is 2.34. The largest absolute Gasteiger partial charge is 0.416 e. The molecule has 7 heteroatoms. The summed E-state index contributed by atoms with van der Waals surface area (Å²) in [5, 5.41) is 0. The number of nitrogens with zero attached hydrogens (tertiary/aromatic N) is 2. The van der Waals surface area contributed by atoms with E-state index in [9.17, 15) is 17.4 Å². The molecule has 0 N–H and O–H groups in total. The molecule has 152 valence electrons. The highest BCUT2D eigenvalue weighted by molar-refractivity contribution is 7.85. The zero-order valence-electron chi connectivity index (χ0n) is 16.1. The Hall–Kier alpha value is -1.86. The maximum atomic E-state index is 13.2. The van der Waals surface area contributed by atoms with Crippen molar-refractivity contribution in [1.29, 1.82) is 0 Å². The summed E-state index contributed by atoms with van der Waals surface area (Å²) < 4.78 is 52.6. The van der Waals surface area contributed by atoms with Gasteiger partial charge in [0.05, 0.1) is 37.5 Å². The fraction of sp³-hybridized carbons (Fsp3) is 0.429. The Kier molecular flexibility index (Phi) is 6.45. The smallest absolute Gasteiger partial charge is 0.339 e. The summed E-state index contributed by atoms with van der Waals surface area (Å²) in [4.78, 5) is 5.14. The van der Waals surface area contributed by atoms with Gasteiger partial charge in [-0.25, -0.2) is 4.21 Å². The molecule has 0 aromatic heterocycles. The first kappa shape index (κ1) is 20.9. The minimum absolute atomic E-state index is 0.403. The molecule has 2 aromatic rings. The van der Waals surface area contributed by atoms with Crippen molar-refractivity contribution in [2.24, 2.45) is 0 Å². The van der Waals surface area contributed by atoms with Gasteiger partial charge in [0.15, 0.2) is 0 Å². The third kappa shape index (κ3) is 4.58. The van der Waals surface area contributed by atoms with E-state index < -0.39 is 22.5 Å². The predicted molar refractivity (Wildman–Crippen MR) is 107 cm³/mol. The predicted octanol–water partition coefficient (Wildman–Crippen LogP) is 5.45. The normalized spacial score (nSPS) is 16.2. The van der Waals surface area contributed by atoms with E-state index in [1.54, 1.807) is 6.07 Å². The monoisotopic (exact) mass is 410 g/mol. The topological polar surface area (TPSA) is 23.6 Å². The lowest BCUT2D eigenvalue weighted by molar-refractivity contribution is -0.137. The molecule has 0 fully saturated rings. The van der Waals surface area contributed by atoms with Crippen LogP contribution in [0.1, 0.15) is 31.2 Å². The fourth-order valence-corrected chi connectivity index (χ4v) is 4.80. The van der Waals surface area contributed by atoms with Crippen LogP contribution in [0.3, 0.4) is 0 Å². The van der Waals surface area contributed by atoms with E-state index >= 15 is 0 Å². The molecule has 1 heterocycles. The average molecular weight is 411 g/mol. The lowest BCUT2D eigenvalue weighted by Gasteiger charge is -2.33. The number of rotatable bonds is 7. The second-order valence-corrected chi connectivity index (χ2v) is 8.70. The van der Waals surface area contributed by atoms with Gasteiger partial charge in [-0.1, -0.05) is 25.0 Å². The fourth-order valence-electron chi connectivity index (χ4n) is 3.44. The average Bonchev–Trinajstić information content (AvgIpc) is 2.65. The summed E-state index contributed by atoms with van der Waals surface area (Å²) in [6, 6.07) is 10.8. The summed E-state index contributed by atoms with van der Waals surface area (Å²) >= 11 is 0. The molecule has 0 bridgehead atoms. The molecule has 1 unspecified atom stereocenters. The molecule has 0 saturated carbocycles. The van der Waals surface area contributed by atoms with Gasteiger partial charge in [0.2, 0.25) is 0 Å². The third-order valence-electron chi connectivity index (χ3n) is 4.87. The Bertz CT molecular complexity index is 852. The van der Waals surface area contributed by atoms with Crippen LogP contribution in [0, 0.1) is 0 Å². The van der Waals surface area contributed by atoms with Crippen LogP contribution in [0.2, 0.25) is 0 Å². The molecule has 0 radical (unpaired) electrons. The van der Waals surface area contributed by atoms with Gasteiger partial charge < -0.3 is 9.80 Å². The standard InChI is InChI=1S/C21H25F3N2OS/c1-25(2)13-7-3-4-8-14-26-17-9-5-6-10-19(17)28(27)20-12-11-16(15-18(20)26)21(22,23)24/h5-6,9-12,15H,3-4,7-8,13-14H2,1-2H3. The van der Waals surface area contributed by atoms with Crippen LogP contribution in [0.4, 0.5) is 24.5 Å². The van der Waals surface area contributed by atoms with Crippen LogP contribution in [-0.2, 0) is 17.0 Å². The number of unbranched alkanes of at least 4 members (excludes halogenated alkanes) is 3. The first-order valence-corrected chi connectivity index (χ1v) is 10.6. The van der Waals surface area contributed by atoms with Gasteiger partial charge in [-0.05, 0) is 63.8 Å². The van der Waals surface area contributed by atoms with Crippen molar-refractivity contribution in [3.05, 3.63) is 48.0 Å². The van der Waals surface area contributed by atoms with E-state index in [2.05, 4.69) is 4.90 Å². The summed E-state index contributed by atoms with van der Waals surface area (Å²) in [6.07, 6.45) is -0.378. The number of alkyl halides is 3. The Morgan fingerprint density at radius 1 is 0.929 bits per heavy atom. The second-order valence-electron chi connectivity index (χ2n) is 7.29. The van der Waals surface area contributed by atoms with Gasteiger partial charge >= 0.3 is 6.18 Å². The van der Waals surface area contributed by atoms with Gasteiger partial charge in [-0.15, -0.1) is 0 Å². The van der Waals surface area contributed by atoms with Gasteiger partial charge in [0, 0.05) is 6.54 Å². The maximum Gasteiger partial charge on any atom is 0.416 e. The molecule has 0 saturated heterocycles. The minimum Gasteiger partial charge on any atom is -0.339 e. The Labute approximate surface area is 166 Å². The summed E-state index contributed by atoms with van der Waals surface area (Å²) in [5.74, 6) is 0. The second kappa shape index (κ2) is 8.66. The lowest BCUT2D eigenvalue weighted by atomic mass is 10.1. The van der Waals surface area contributed by atoms with Crippen molar-refractivity contribution < 1.29 is 17.4 Å². The van der Waals surface area contributed by atoms with E-state index in [0.717, 1.165) is 50.0 Å². The molecule has 1 atom stereocenters. The van der Waals surface area contributed by atoms with Gasteiger partial charge in [0.1, 0.15) is 0 Å². The van der Waals surface area contributed by atoms with Crippen LogP contribution in [-0.4, -0.2) is 36.3 Å². The van der Waals surface area contributed by atoms with Crippen molar-refractivity contribution >= 4 is 22.2 Å². The zero-order valence-corrected chi connectivity index (χ0v) is 16.9. The van der Waals surface area contributed by atoms with Crippen molar-refractivity contribution in [3.63, 3.8) is 0 Å². The molecule has 0 amide bonds. The molecule has 2 aromatic carbocycles. The van der Waals surface area contributed by atoms with Crippen LogP contribution < -0.4 is 4.90 Å². The number of hydrogen-bond donors (Lipinski definition) is 0. The minimum atomic E-state index is -4.43. The van der Waals surface area contributed by atoms with E-state index in [1.807, 2.05) is 37.2 Å².